The predicted octanol–water partition coefficient (Wildman–Crippen LogP) is 4.19. The van der Waals surface area contributed by atoms with Crippen LogP contribution in [0.3, 0.4) is 0 Å². The Kier molecular flexibility index (Phi) is 8.03. The molecule has 0 saturated carbocycles. The van der Waals surface area contributed by atoms with Crippen LogP contribution in [0.2, 0.25) is 0 Å². The summed E-state index contributed by atoms with van der Waals surface area (Å²) in [7, 11) is 1.44. The van der Waals surface area contributed by atoms with E-state index in [2.05, 4.69) is 0 Å². The van der Waals surface area contributed by atoms with E-state index in [1.54, 1.807) is 17.0 Å². The van der Waals surface area contributed by atoms with Crippen molar-refractivity contribution >= 4 is 18.0 Å². The fraction of sp³-hybridized carbons (Fsp3) is 0.154. The van der Waals surface area contributed by atoms with Crippen molar-refractivity contribution in [1.82, 2.24) is 4.90 Å². The summed E-state index contributed by atoms with van der Waals surface area (Å²) in [6, 6.07) is 24.0. The first-order valence-electron chi connectivity index (χ1n) is 10.1. The molecule has 3 rings (SSSR count). The van der Waals surface area contributed by atoms with Gasteiger partial charge in [0.25, 0.3) is 5.91 Å². The number of ether oxygens (including phenoxy) is 2. The van der Waals surface area contributed by atoms with E-state index in [-0.39, 0.29) is 18.3 Å². The van der Waals surface area contributed by atoms with Crippen molar-refractivity contribution in [2.45, 2.75) is 13.1 Å². The molecule has 0 unspecified atom stereocenters. The van der Waals surface area contributed by atoms with Crippen LogP contribution in [0, 0.1) is 0 Å². The molecule has 3 aromatic rings. The highest BCUT2D eigenvalue weighted by molar-refractivity contribution is 5.89. The Hall–Kier alpha value is -4.06. The first-order chi connectivity index (χ1) is 15.5. The Morgan fingerprint density at radius 2 is 1.50 bits per heavy atom. The number of phenols is 1. The van der Waals surface area contributed by atoms with Crippen LogP contribution in [0.15, 0.2) is 84.9 Å². The van der Waals surface area contributed by atoms with Crippen LogP contribution < -0.4 is 4.74 Å². The van der Waals surface area contributed by atoms with E-state index >= 15 is 0 Å². The second-order valence-corrected chi connectivity index (χ2v) is 7.09. The summed E-state index contributed by atoms with van der Waals surface area (Å²) in [5.41, 5.74) is 2.63. The van der Waals surface area contributed by atoms with Crippen LogP contribution in [0.25, 0.3) is 6.08 Å². The van der Waals surface area contributed by atoms with Gasteiger partial charge in [-0.05, 0) is 34.9 Å². The minimum atomic E-state index is -0.634. The van der Waals surface area contributed by atoms with Crippen molar-refractivity contribution < 1.29 is 24.2 Å². The van der Waals surface area contributed by atoms with E-state index in [1.165, 1.54) is 25.3 Å². The number of amides is 1. The number of methoxy groups -OCH3 is 1. The molecule has 0 aromatic heterocycles. The minimum Gasteiger partial charge on any atom is -0.504 e. The topological polar surface area (TPSA) is 76.1 Å². The molecule has 0 radical (unpaired) electrons. The van der Waals surface area contributed by atoms with Crippen molar-refractivity contribution in [3.05, 3.63) is 102 Å². The van der Waals surface area contributed by atoms with Crippen LogP contribution in [-0.4, -0.2) is 35.6 Å². The number of hydrogen-bond acceptors (Lipinski definition) is 5. The molecule has 0 atom stereocenters. The maximum absolute atomic E-state index is 12.8. The van der Waals surface area contributed by atoms with Crippen LogP contribution in [0.1, 0.15) is 16.7 Å². The molecule has 0 fully saturated rings. The number of aromatic hydroxyl groups is 1. The normalized spacial score (nSPS) is 10.7. The standard InChI is InChI=1S/C26H25NO5/c1-31-24-16-20(12-14-23(24)28)13-15-26(30)32-19-25(29)27(17-21-8-4-2-5-9-21)18-22-10-6-3-7-11-22/h2-16,28H,17-19H2,1H3/b15-13+. The summed E-state index contributed by atoms with van der Waals surface area (Å²) in [5, 5.41) is 9.64. The third-order valence-corrected chi connectivity index (χ3v) is 4.74. The average Bonchev–Trinajstić information content (AvgIpc) is 2.83. The van der Waals surface area contributed by atoms with Gasteiger partial charge in [-0.15, -0.1) is 0 Å². The molecule has 32 heavy (non-hydrogen) atoms. The second kappa shape index (κ2) is 11.4. The summed E-state index contributed by atoms with van der Waals surface area (Å²) >= 11 is 0. The third kappa shape index (κ3) is 6.74. The van der Waals surface area contributed by atoms with E-state index in [0.717, 1.165) is 11.1 Å². The molecule has 1 N–H and O–H groups in total. The minimum absolute atomic E-state index is 0.00902. The lowest BCUT2D eigenvalue weighted by atomic mass is 10.1. The van der Waals surface area contributed by atoms with E-state index < -0.39 is 5.97 Å². The molecule has 0 bridgehead atoms. The number of esters is 1. The van der Waals surface area contributed by atoms with Crippen molar-refractivity contribution in [3.63, 3.8) is 0 Å². The van der Waals surface area contributed by atoms with Crippen LogP contribution in [0.5, 0.6) is 11.5 Å². The Morgan fingerprint density at radius 1 is 0.906 bits per heavy atom. The van der Waals surface area contributed by atoms with Crippen LogP contribution in [-0.2, 0) is 27.4 Å². The quantitative estimate of drug-likeness (QED) is 0.406. The molecule has 0 aliphatic carbocycles. The van der Waals surface area contributed by atoms with E-state index in [9.17, 15) is 14.7 Å². The summed E-state index contributed by atoms with van der Waals surface area (Å²) in [6.45, 7) is 0.465. The molecule has 0 aliphatic rings. The lowest BCUT2D eigenvalue weighted by Gasteiger charge is -2.23. The monoisotopic (exact) mass is 431 g/mol. The molecule has 0 heterocycles. The molecular weight excluding hydrogens is 406 g/mol. The van der Waals surface area contributed by atoms with E-state index in [0.29, 0.717) is 24.4 Å². The van der Waals surface area contributed by atoms with Gasteiger partial charge in [-0.1, -0.05) is 66.7 Å². The summed E-state index contributed by atoms with van der Waals surface area (Å²) in [5.74, 6) is -0.613. The van der Waals surface area contributed by atoms with Gasteiger partial charge in [0.1, 0.15) is 0 Å². The Bertz CT molecular complexity index is 1020. The lowest BCUT2D eigenvalue weighted by molar-refractivity contribution is -0.148. The van der Waals surface area contributed by atoms with Crippen LogP contribution in [0.4, 0.5) is 0 Å². The fourth-order valence-electron chi connectivity index (χ4n) is 3.07. The molecule has 6 nitrogen and oxygen atoms in total. The number of phenolic OH excluding ortho intramolecular Hbond substituents is 1. The van der Waals surface area contributed by atoms with E-state index in [1.807, 2.05) is 60.7 Å². The Balaban J connectivity index is 1.61. The van der Waals surface area contributed by atoms with Gasteiger partial charge >= 0.3 is 5.97 Å². The first kappa shape index (κ1) is 22.6. The molecular formula is C26H25NO5. The maximum Gasteiger partial charge on any atom is 0.331 e. The molecule has 0 aliphatic heterocycles. The lowest BCUT2D eigenvalue weighted by Crippen LogP contribution is -2.33. The van der Waals surface area contributed by atoms with Gasteiger partial charge in [0, 0.05) is 19.2 Å². The highest BCUT2D eigenvalue weighted by Crippen LogP contribution is 2.26. The van der Waals surface area contributed by atoms with Gasteiger partial charge in [0.2, 0.25) is 0 Å². The van der Waals surface area contributed by atoms with Crippen LogP contribution >= 0.6 is 0 Å². The fourth-order valence-corrected chi connectivity index (χ4v) is 3.07. The second-order valence-electron chi connectivity index (χ2n) is 7.09. The molecule has 6 heteroatoms. The molecule has 164 valence electrons. The van der Waals surface area contributed by atoms with Crippen molar-refractivity contribution in [2.75, 3.05) is 13.7 Å². The van der Waals surface area contributed by atoms with Crippen molar-refractivity contribution in [1.29, 1.82) is 0 Å². The van der Waals surface area contributed by atoms with Crippen molar-refractivity contribution in [3.8, 4) is 11.5 Å². The zero-order chi connectivity index (χ0) is 22.8. The SMILES string of the molecule is COc1cc(/C=C/C(=O)OCC(=O)N(Cc2ccccc2)Cc2ccccc2)ccc1O. The first-order valence-corrected chi connectivity index (χ1v) is 10.1. The number of carbonyl (C=O) groups excluding carboxylic acids is 2. The van der Waals surface area contributed by atoms with Gasteiger partial charge in [0.15, 0.2) is 18.1 Å². The third-order valence-electron chi connectivity index (χ3n) is 4.74. The average molecular weight is 431 g/mol. The number of hydrogen-bond donors (Lipinski definition) is 1. The largest absolute Gasteiger partial charge is 0.504 e. The van der Waals surface area contributed by atoms with Crippen molar-refractivity contribution in [2.24, 2.45) is 0 Å². The zero-order valence-corrected chi connectivity index (χ0v) is 17.8. The Labute approximate surface area is 187 Å². The van der Waals surface area contributed by atoms with Gasteiger partial charge in [0.05, 0.1) is 7.11 Å². The predicted molar refractivity (Wildman–Crippen MR) is 122 cm³/mol. The molecule has 0 spiro atoms. The van der Waals surface area contributed by atoms with Gasteiger partial charge in [-0.3, -0.25) is 4.79 Å². The summed E-state index contributed by atoms with van der Waals surface area (Å²) < 4.78 is 10.2. The summed E-state index contributed by atoms with van der Waals surface area (Å²) in [6.07, 6.45) is 2.76. The van der Waals surface area contributed by atoms with Gasteiger partial charge in [-0.2, -0.15) is 0 Å². The van der Waals surface area contributed by atoms with Gasteiger partial charge < -0.3 is 19.5 Å². The summed E-state index contributed by atoms with van der Waals surface area (Å²) in [4.78, 5) is 26.6. The molecule has 1 amide bonds. The highest BCUT2D eigenvalue weighted by atomic mass is 16.5. The van der Waals surface area contributed by atoms with Gasteiger partial charge in [-0.25, -0.2) is 4.79 Å². The molecule has 3 aromatic carbocycles. The highest BCUT2D eigenvalue weighted by Gasteiger charge is 2.16. The number of rotatable bonds is 9. The zero-order valence-electron chi connectivity index (χ0n) is 17.8. The molecule has 0 saturated heterocycles. The van der Waals surface area contributed by atoms with E-state index in [4.69, 9.17) is 9.47 Å². The number of carbonyl (C=O) groups is 2. The number of benzene rings is 3. The number of nitrogens with zero attached hydrogens (tertiary/aromatic N) is 1. The Morgan fingerprint density at radius 3 is 2.06 bits per heavy atom. The maximum atomic E-state index is 12.8. The smallest absolute Gasteiger partial charge is 0.331 e.